The first-order valence-corrected chi connectivity index (χ1v) is 13.3. The van der Waals surface area contributed by atoms with Crippen LogP contribution in [0.1, 0.15) is 98.3 Å². The van der Waals surface area contributed by atoms with E-state index < -0.39 is 0 Å². The SMILES string of the molecule is Cc1cc(O)c(C2CCCCC2)cc1-c1cccc(-c2cc(C3CCCCC3)c(O)cc2C)c1. The standard InChI is InChI=1S/C32H38O2/c1-21-16-31(33)29(23-10-5-3-6-11-23)19-27(21)25-14-9-15-26(18-25)28-20-30(32(34)17-22(28)2)24-12-7-4-8-13-24/h9,14-20,23-24,33-34H,3-8,10-13H2,1-2H3. The number of benzene rings is 3. The Morgan fingerprint density at radius 2 is 0.971 bits per heavy atom. The van der Waals surface area contributed by atoms with Crippen molar-refractivity contribution in [2.24, 2.45) is 0 Å². The Morgan fingerprint density at radius 1 is 0.559 bits per heavy atom. The average Bonchev–Trinajstić information content (AvgIpc) is 2.85. The van der Waals surface area contributed by atoms with E-state index in [4.69, 9.17) is 0 Å². The fourth-order valence-corrected chi connectivity index (χ4v) is 6.38. The van der Waals surface area contributed by atoms with Crippen LogP contribution in [-0.4, -0.2) is 10.2 Å². The number of aryl methyl sites for hydroxylation is 2. The third-order valence-electron chi connectivity index (χ3n) is 8.32. The molecule has 34 heavy (non-hydrogen) atoms. The monoisotopic (exact) mass is 454 g/mol. The summed E-state index contributed by atoms with van der Waals surface area (Å²) in [6.45, 7) is 4.19. The summed E-state index contributed by atoms with van der Waals surface area (Å²) in [5, 5.41) is 21.5. The van der Waals surface area contributed by atoms with Gasteiger partial charge in [-0.1, -0.05) is 56.7 Å². The molecule has 2 nitrogen and oxygen atoms in total. The summed E-state index contributed by atoms with van der Waals surface area (Å²) in [6, 6.07) is 17.2. The Labute approximate surface area is 204 Å². The largest absolute Gasteiger partial charge is 0.508 e. The number of hydrogen-bond acceptors (Lipinski definition) is 2. The first-order chi connectivity index (χ1) is 16.5. The van der Waals surface area contributed by atoms with E-state index in [1.54, 1.807) is 0 Å². The molecule has 3 aromatic carbocycles. The lowest BCUT2D eigenvalue weighted by atomic mass is 9.81. The minimum atomic E-state index is 0.454. The maximum Gasteiger partial charge on any atom is 0.119 e. The zero-order chi connectivity index (χ0) is 23.7. The van der Waals surface area contributed by atoms with Gasteiger partial charge in [0, 0.05) is 0 Å². The van der Waals surface area contributed by atoms with Gasteiger partial charge in [-0.05, 0) is 126 Å². The first kappa shape index (κ1) is 23.0. The normalized spacial score (nSPS) is 17.7. The van der Waals surface area contributed by atoms with Gasteiger partial charge >= 0.3 is 0 Å². The van der Waals surface area contributed by atoms with Crippen molar-refractivity contribution in [3.63, 3.8) is 0 Å². The molecule has 0 aliphatic heterocycles. The molecule has 2 heteroatoms. The molecular weight excluding hydrogens is 416 g/mol. The molecule has 0 spiro atoms. The van der Waals surface area contributed by atoms with Gasteiger partial charge in [-0.15, -0.1) is 0 Å². The van der Waals surface area contributed by atoms with E-state index in [9.17, 15) is 10.2 Å². The summed E-state index contributed by atoms with van der Waals surface area (Å²) < 4.78 is 0. The van der Waals surface area contributed by atoms with Crippen LogP contribution >= 0.6 is 0 Å². The lowest BCUT2D eigenvalue weighted by molar-refractivity contribution is 0.414. The van der Waals surface area contributed by atoms with Crippen molar-refractivity contribution >= 4 is 0 Å². The van der Waals surface area contributed by atoms with Crippen molar-refractivity contribution in [2.45, 2.75) is 89.9 Å². The van der Waals surface area contributed by atoms with E-state index in [1.807, 2.05) is 12.1 Å². The van der Waals surface area contributed by atoms with Gasteiger partial charge in [0.05, 0.1) is 0 Å². The van der Waals surface area contributed by atoms with Gasteiger partial charge in [-0.25, -0.2) is 0 Å². The molecular formula is C32H38O2. The summed E-state index contributed by atoms with van der Waals surface area (Å²) in [5.41, 5.74) is 9.27. The Balaban J connectivity index is 1.53. The number of hydrogen-bond donors (Lipinski definition) is 2. The Bertz CT molecular complexity index is 1080. The van der Waals surface area contributed by atoms with Gasteiger partial charge in [-0.2, -0.15) is 0 Å². The molecule has 0 bridgehead atoms. The van der Waals surface area contributed by atoms with Gasteiger partial charge in [0.15, 0.2) is 0 Å². The highest BCUT2D eigenvalue weighted by Crippen LogP contribution is 2.43. The van der Waals surface area contributed by atoms with Crippen LogP contribution in [-0.2, 0) is 0 Å². The van der Waals surface area contributed by atoms with Crippen molar-refractivity contribution in [3.05, 3.63) is 70.8 Å². The lowest BCUT2D eigenvalue weighted by Gasteiger charge is -2.24. The van der Waals surface area contributed by atoms with Crippen LogP contribution < -0.4 is 0 Å². The van der Waals surface area contributed by atoms with E-state index in [0.717, 1.165) is 22.3 Å². The molecule has 0 amide bonds. The number of phenolic OH excluding ortho intramolecular Hbond substituents is 2. The first-order valence-electron chi connectivity index (χ1n) is 13.3. The maximum absolute atomic E-state index is 10.7. The predicted molar refractivity (Wildman–Crippen MR) is 142 cm³/mol. The van der Waals surface area contributed by atoms with Gasteiger partial charge in [-0.3, -0.25) is 0 Å². The second kappa shape index (κ2) is 9.86. The zero-order valence-corrected chi connectivity index (χ0v) is 20.7. The van der Waals surface area contributed by atoms with Gasteiger partial charge in [0.25, 0.3) is 0 Å². The molecule has 0 heterocycles. The fraction of sp³-hybridized carbons (Fsp3) is 0.438. The summed E-state index contributed by atoms with van der Waals surface area (Å²) in [6.07, 6.45) is 12.3. The van der Waals surface area contributed by atoms with E-state index in [1.165, 1.54) is 86.5 Å². The predicted octanol–water partition coefficient (Wildman–Crippen LogP) is 9.14. The minimum Gasteiger partial charge on any atom is -0.508 e. The Morgan fingerprint density at radius 3 is 1.38 bits per heavy atom. The average molecular weight is 455 g/mol. The van der Waals surface area contributed by atoms with Crippen LogP contribution in [0.3, 0.4) is 0 Å². The molecule has 2 aliphatic rings. The minimum absolute atomic E-state index is 0.454. The number of rotatable bonds is 4. The van der Waals surface area contributed by atoms with Crippen LogP contribution in [0.2, 0.25) is 0 Å². The molecule has 5 rings (SSSR count). The molecule has 2 saturated carbocycles. The number of phenols is 2. The molecule has 0 radical (unpaired) electrons. The van der Waals surface area contributed by atoms with Crippen LogP contribution in [0.25, 0.3) is 22.3 Å². The highest BCUT2D eigenvalue weighted by molar-refractivity contribution is 5.78. The van der Waals surface area contributed by atoms with Gasteiger partial charge in [0.1, 0.15) is 11.5 Å². The van der Waals surface area contributed by atoms with Crippen LogP contribution in [0.4, 0.5) is 0 Å². The van der Waals surface area contributed by atoms with Crippen molar-refractivity contribution < 1.29 is 10.2 Å². The third kappa shape index (κ3) is 4.60. The number of aromatic hydroxyl groups is 2. The topological polar surface area (TPSA) is 40.5 Å². The quantitative estimate of drug-likeness (QED) is 0.412. The van der Waals surface area contributed by atoms with Crippen molar-refractivity contribution in [3.8, 4) is 33.8 Å². The van der Waals surface area contributed by atoms with E-state index in [0.29, 0.717) is 23.3 Å². The van der Waals surface area contributed by atoms with Crippen molar-refractivity contribution in [1.29, 1.82) is 0 Å². The molecule has 0 saturated heterocycles. The Hall–Kier alpha value is -2.74. The molecule has 0 unspecified atom stereocenters. The van der Waals surface area contributed by atoms with Crippen molar-refractivity contribution in [2.75, 3.05) is 0 Å². The third-order valence-corrected chi connectivity index (χ3v) is 8.32. The molecule has 0 atom stereocenters. The highest BCUT2D eigenvalue weighted by Gasteiger charge is 2.22. The maximum atomic E-state index is 10.7. The summed E-state index contributed by atoms with van der Waals surface area (Å²) >= 11 is 0. The van der Waals surface area contributed by atoms with Gasteiger partial charge < -0.3 is 10.2 Å². The zero-order valence-electron chi connectivity index (χ0n) is 20.7. The molecule has 178 valence electrons. The van der Waals surface area contributed by atoms with E-state index in [-0.39, 0.29) is 0 Å². The fourth-order valence-electron chi connectivity index (χ4n) is 6.38. The molecule has 0 aromatic heterocycles. The molecule has 2 aliphatic carbocycles. The van der Waals surface area contributed by atoms with E-state index in [2.05, 4.69) is 50.2 Å². The van der Waals surface area contributed by atoms with Crippen LogP contribution in [0.15, 0.2) is 48.5 Å². The Kier molecular flexibility index (Phi) is 6.68. The van der Waals surface area contributed by atoms with Crippen LogP contribution in [0.5, 0.6) is 11.5 Å². The van der Waals surface area contributed by atoms with Crippen molar-refractivity contribution in [1.82, 2.24) is 0 Å². The smallest absolute Gasteiger partial charge is 0.119 e. The summed E-state index contributed by atoms with van der Waals surface area (Å²) in [5.74, 6) is 1.84. The van der Waals surface area contributed by atoms with Crippen LogP contribution in [0, 0.1) is 13.8 Å². The molecule has 2 fully saturated rings. The summed E-state index contributed by atoms with van der Waals surface area (Å²) in [4.78, 5) is 0. The highest BCUT2D eigenvalue weighted by atomic mass is 16.3. The molecule has 2 N–H and O–H groups in total. The second-order valence-corrected chi connectivity index (χ2v) is 10.7. The van der Waals surface area contributed by atoms with E-state index >= 15 is 0 Å². The second-order valence-electron chi connectivity index (χ2n) is 10.7. The lowest BCUT2D eigenvalue weighted by Crippen LogP contribution is -2.05. The molecule has 3 aromatic rings. The van der Waals surface area contributed by atoms with Gasteiger partial charge in [0.2, 0.25) is 0 Å². The summed E-state index contributed by atoms with van der Waals surface area (Å²) in [7, 11) is 0.